The molecule has 0 spiro atoms. The first-order chi connectivity index (χ1) is 36.5. The van der Waals surface area contributed by atoms with E-state index in [9.17, 15) is 0 Å². The van der Waals surface area contributed by atoms with Gasteiger partial charge in [0.05, 0.1) is 5.69 Å². The Bertz CT molecular complexity index is 3810. The van der Waals surface area contributed by atoms with E-state index >= 15 is 0 Å². The maximum atomic E-state index is 8.44. The van der Waals surface area contributed by atoms with Gasteiger partial charge in [-0.25, -0.2) is 0 Å². The summed E-state index contributed by atoms with van der Waals surface area (Å²) in [7, 11) is 0. The van der Waals surface area contributed by atoms with Gasteiger partial charge in [-0.2, -0.15) is 0 Å². The summed E-state index contributed by atoms with van der Waals surface area (Å²) in [5.41, 5.74) is 14.0. The fourth-order valence-electron chi connectivity index (χ4n) is 7.87. The molecule has 2 N–H and O–H groups in total. The van der Waals surface area contributed by atoms with Crippen LogP contribution in [0.25, 0.3) is 68.1 Å². The van der Waals surface area contributed by atoms with Gasteiger partial charge in [0.2, 0.25) is 0 Å². The Morgan fingerprint density at radius 2 is 0.716 bits per heavy atom. The molecule has 0 aliphatic carbocycles. The van der Waals surface area contributed by atoms with Crippen molar-refractivity contribution in [3.8, 4) is 46.1 Å². The van der Waals surface area contributed by atoms with Crippen LogP contribution in [0.15, 0.2) is 220 Å². The van der Waals surface area contributed by atoms with Gasteiger partial charge in [-0.1, -0.05) is 6.07 Å². The van der Waals surface area contributed by atoms with Crippen molar-refractivity contribution >= 4 is 95.4 Å². The van der Waals surface area contributed by atoms with Crippen LogP contribution < -0.4 is 24.1 Å². The summed E-state index contributed by atoms with van der Waals surface area (Å²) in [5, 5.41) is 0. The standard InChI is InChI=1S/C24H16N6Se2.C24H16N6Se.C6H8N2.O2Se/c31-32(23-19-11-3-7-15-29(19)21(27-23)17-9-1-5-13-25-17)24-20-12-4-8-16-30(20)22(28-24)18-10-2-6-14-26-18;1-5-13-25-17(9-1)21-27-23(19-11-3-7-15-29(19)21)31-24-20-12-4-8-16-30(20)22(28-24)18-10-2-6-14-26-18;7-5-6-3-1-2-4-8-6;1-3-2/h1-16H;1-16H;1-4H,5,7H2;. The summed E-state index contributed by atoms with van der Waals surface area (Å²) < 4.78 is 29.5. The molecular weight excluding hydrogens is 1190 g/mol. The summed E-state index contributed by atoms with van der Waals surface area (Å²) >= 11 is 0.0356. The Labute approximate surface area is 445 Å². The molecule has 74 heavy (non-hydrogen) atoms. The topological polar surface area (TPSA) is 194 Å². The van der Waals surface area contributed by atoms with Crippen molar-refractivity contribution in [3.05, 3.63) is 225 Å². The second-order valence-corrected chi connectivity index (χ2v) is 24.3. The normalized spacial score (nSPS) is 10.9. The predicted octanol–water partition coefficient (Wildman–Crippen LogP) is 5.06. The molecule has 0 amide bonds. The summed E-state index contributed by atoms with van der Waals surface area (Å²) in [6.45, 7) is 0.529. The van der Waals surface area contributed by atoms with E-state index in [2.05, 4.69) is 80.4 Å². The van der Waals surface area contributed by atoms with Crippen LogP contribution in [-0.4, -0.2) is 117 Å². The van der Waals surface area contributed by atoms with E-state index in [0.717, 1.165) is 92.2 Å². The fraction of sp³-hybridized carbons (Fsp3) is 0.0185. The van der Waals surface area contributed by atoms with Gasteiger partial charge in [-0.15, -0.1) is 0 Å². The zero-order valence-corrected chi connectivity index (χ0v) is 45.7. The third-order valence-electron chi connectivity index (χ3n) is 11.1. The minimum absolute atomic E-state index is 0.0979. The number of fused-ring (bicyclic) bond motifs is 4. The summed E-state index contributed by atoms with van der Waals surface area (Å²) in [6, 6.07) is 54.0. The molecule has 0 unspecified atom stereocenters. The number of hydrogen-bond donors (Lipinski definition) is 1. The summed E-state index contributed by atoms with van der Waals surface area (Å²) in [4.78, 5) is 42.2. The van der Waals surface area contributed by atoms with E-state index < -0.39 is 26.4 Å². The van der Waals surface area contributed by atoms with Gasteiger partial charge in [0, 0.05) is 12.7 Å². The van der Waals surface area contributed by atoms with Gasteiger partial charge in [-0.05, 0) is 12.1 Å². The summed E-state index contributed by atoms with van der Waals surface area (Å²) in [6.07, 6.45) is 17.1. The molecule has 16 nitrogen and oxygen atoms in total. The van der Waals surface area contributed by atoms with Gasteiger partial charge < -0.3 is 5.73 Å². The second kappa shape index (κ2) is 23.8. The minimum atomic E-state index is -1.70. The Kier molecular flexibility index (Phi) is 16.0. The van der Waals surface area contributed by atoms with Crippen LogP contribution >= 0.6 is 0 Å². The molecule has 0 aliphatic rings. The van der Waals surface area contributed by atoms with Crippen LogP contribution in [-0.2, 0) is 14.2 Å². The Morgan fingerprint density at radius 1 is 0.405 bits per heavy atom. The van der Waals surface area contributed by atoms with E-state index in [1.165, 1.54) is 0 Å². The number of pyridine rings is 9. The Morgan fingerprint density at radius 3 is 1.03 bits per heavy atom. The van der Waals surface area contributed by atoms with Gasteiger partial charge >= 0.3 is 402 Å². The van der Waals surface area contributed by atoms with Crippen LogP contribution in [0.5, 0.6) is 0 Å². The Balaban J connectivity index is 0.000000141. The average molecular weight is 1230 g/mol. The Hall–Kier alpha value is -7.85. The van der Waals surface area contributed by atoms with E-state index in [0.29, 0.717) is 6.54 Å². The summed E-state index contributed by atoms with van der Waals surface area (Å²) in [5.74, 6) is 3.38. The number of nitrogens with zero attached hydrogens (tertiary/aromatic N) is 13. The SMILES string of the molecule is NCc1ccccn1.O=[Se]=O.[Se]=[Se](c1nc(-c2ccccn2)n2ccccc12)c1nc(-c2ccccn2)n2ccccc12.c1ccc(-c2nc([Se]c3nc(-c4ccccn4)n4ccccc34)c3ccccn23)nc1. The molecule has 362 valence electrons. The molecule has 0 saturated heterocycles. The first kappa shape index (κ1) is 49.7. The molecule has 0 saturated carbocycles. The molecule has 13 rings (SSSR count). The van der Waals surface area contributed by atoms with Crippen LogP contribution in [0.4, 0.5) is 0 Å². The van der Waals surface area contributed by atoms with Crippen molar-refractivity contribution in [1.29, 1.82) is 0 Å². The van der Waals surface area contributed by atoms with Crippen LogP contribution in [0, 0.1) is 0 Å². The van der Waals surface area contributed by atoms with Gasteiger partial charge in [0.15, 0.2) is 0 Å². The van der Waals surface area contributed by atoms with Gasteiger partial charge in [-0.3, -0.25) is 4.98 Å². The van der Waals surface area contributed by atoms with Crippen molar-refractivity contribution in [3.63, 3.8) is 0 Å². The van der Waals surface area contributed by atoms with Crippen LogP contribution in [0.1, 0.15) is 5.69 Å². The predicted molar refractivity (Wildman–Crippen MR) is 289 cm³/mol. The first-order valence-corrected chi connectivity index (χ1v) is 31.9. The molecule has 0 aromatic carbocycles. The van der Waals surface area contributed by atoms with Gasteiger partial charge in [0.1, 0.15) is 0 Å². The molecule has 0 radical (unpaired) electrons. The number of rotatable bonds is 9. The molecule has 13 heterocycles. The van der Waals surface area contributed by atoms with E-state index in [4.69, 9.17) is 33.3 Å². The molecule has 0 aliphatic heterocycles. The first-order valence-electron chi connectivity index (χ1n) is 22.7. The van der Waals surface area contributed by atoms with E-state index in [1.54, 1.807) is 31.0 Å². The average Bonchev–Trinajstić information content (AvgIpc) is 4.26. The molecule has 0 bridgehead atoms. The van der Waals surface area contributed by atoms with E-state index in [-0.39, 0.29) is 15.0 Å². The van der Waals surface area contributed by atoms with Crippen molar-refractivity contribution in [2.75, 3.05) is 0 Å². The number of imidazole rings is 4. The molecule has 20 heteroatoms. The molecular formula is C54H40N14O2Se4. The third kappa shape index (κ3) is 10.8. The quantitative estimate of drug-likeness (QED) is 0.189. The fourth-order valence-corrected chi connectivity index (χ4v) is 15.2. The van der Waals surface area contributed by atoms with E-state index in [1.807, 2.05) is 164 Å². The third-order valence-corrected chi connectivity index (χ3v) is 19.4. The van der Waals surface area contributed by atoms with Crippen LogP contribution in [0.2, 0.25) is 0 Å². The molecule has 0 fully saturated rings. The molecule has 13 aromatic heterocycles. The van der Waals surface area contributed by atoms with Crippen molar-refractivity contribution < 1.29 is 7.67 Å². The second-order valence-electron chi connectivity index (χ2n) is 15.6. The molecule has 0 atom stereocenters. The van der Waals surface area contributed by atoms with Gasteiger partial charge in [0.25, 0.3) is 0 Å². The zero-order valence-electron chi connectivity index (χ0n) is 38.8. The van der Waals surface area contributed by atoms with Crippen molar-refractivity contribution in [2.45, 2.75) is 6.54 Å². The van der Waals surface area contributed by atoms with Crippen LogP contribution in [0.3, 0.4) is 0 Å². The zero-order chi connectivity index (χ0) is 50.6. The number of hydrogen-bond acceptors (Lipinski definition) is 12. The maximum absolute atomic E-state index is 8.44. The van der Waals surface area contributed by atoms with Crippen molar-refractivity contribution in [1.82, 2.24) is 62.5 Å². The number of nitrogens with two attached hydrogens (primary N) is 1. The van der Waals surface area contributed by atoms with Crippen molar-refractivity contribution in [2.24, 2.45) is 5.73 Å². The monoisotopic (exact) mass is 1240 g/mol. The molecule has 13 aromatic rings. The number of aromatic nitrogens is 13.